The van der Waals surface area contributed by atoms with Gasteiger partial charge in [-0.25, -0.2) is 8.78 Å². The summed E-state index contributed by atoms with van der Waals surface area (Å²) in [5, 5.41) is 7.39. The number of rotatable bonds is 2. The van der Waals surface area contributed by atoms with Crippen molar-refractivity contribution in [2.45, 2.75) is 6.43 Å². The van der Waals surface area contributed by atoms with E-state index in [4.69, 9.17) is 16.9 Å². The number of pyridine rings is 1. The molecule has 0 aliphatic carbocycles. The minimum atomic E-state index is -2.89. The Morgan fingerprint density at radius 1 is 1.64 bits per heavy atom. The van der Waals surface area contributed by atoms with Crippen molar-refractivity contribution in [1.29, 1.82) is 5.26 Å². The second-order valence-corrected chi connectivity index (χ2v) is 2.69. The van der Waals surface area contributed by atoms with Crippen molar-refractivity contribution in [1.82, 2.24) is 4.98 Å². The lowest BCUT2D eigenvalue weighted by Gasteiger charge is -2.03. The summed E-state index contributed by atoms with van der Waals surface area (Å²) in [5.41, 5.74) is -1.12. The molecule has 0 fully saturated rings. The third kappa shape index (κ3) is 2.03. The van der Waals surface area contributed by atoms with Crippen molar-refractivity contribution in [3.8, 4) is 6.07 Å². The second-order valence-electron chi connectivity index (χ2n) is 2.34. The predicted molar refractivity (Wildman–Crippen MR) is 44.1 cm³/mol. The van der Waals surface area contributed by atoms with E-state index in [2.05, 4.69) is 4.98 Å². The molecule has 1 rings (SSSR count). The molecule has 0 bridgehead atoms. The lowest BCUT2D eigenvalue weighted by atomic mass is 10.1. The Hall–Kier alpha value is -1.54. The number of halogens is 3. The molecule has 3 nitrogen and oxygen atoms in total. The Morgan fingerprint density at radius 3 is 2.71 bits per heavy atom. The van der Waals surface area contributed by atoms with E-state index in [1.54, 1.807) is 6.07 Å². The van der Waals surface area contributed by atoms with E-state index in [1.165, 1.54) is 0 Å². The maximum absolute atomic E-state index is 12.3. The van der Waals surface area contributed by atoms with Crippen LogP contribution in [0.25, 0.3) is 0 Å². The van der Waals surface area contributed by atoms with Crippen LogP contribution in [0.3, 0.4) is 0 Å². The van der Waals surface area contributed by atoms with Gasteiger partial charge >= 0.3 is 0 Å². The summed E-state index contributed by atoms with van der Waals surface area (Å²) in [5.74, 6) is 0. The van der Waals surface area contributed by atoms with E-state index in [0.29, 0.717) is 0 Å². The fourth-order valence-corrected chi connectivity index (χ4v) is 1.02. The molecule has 0 aliphatic rings. The summed E-state index contributed by atoms with van der Waals surface area (Å²) in [4.78, 5) is 14.0. The molecule has 0 saturated carbocycles. The highest BCUT2D eigenvalue weighted by molar-refractivity contribution is 6.67. The van der Waals surface area contributed by atoms with Gasteiger partial charge in [-0.2, -0.15) is 5.26 Å². The largest absolute Gasteiger partial charge is 0.281 e. The number of nitrogens with zero attached hydrogens (tertiary/aromatic N) is 2. The fraction of sp³-hybridized carbons (Fsp3) is 0.125. The van der Waals surface area contributed by atoms with E-state index in [1.807, 2.05) is 0 Å². The van der Waals surface area contributed by atoms with Gasteiger partial charge < -0.3 is 0 Å². The van der Waals surface area contributed by atoms with Crippen LogP contribution in [0.4, 0.5) is 8.78 Å². The Labute approximate surface area is 82.9 Å². The van der Waals surface area contributed by atoms with Crippen molar-refractivity contribution in [2.24, 2.45) is 0 Å². The predicted octanol–water partition coefficient (Wildman–Crippen LogP) is 2.27. The molecule has 0 aromatic carbocycles. The van der Waals surface area contributed by atoms with E-state index in [-0.39, 0.29) is 5.56 Å². The zero-order valence-electron chi connectivity index (χ0n) is 6.67. The first-order valence-corrected chi connectivity index (χ1v) is 3.82. The van der Waals surface area contributed by atoms with Gasteiger partial charge in [0, 0.05) is 6.20 Å². The zero-order valence-corrected chi connectivity index (χ0v) is 7.42. The van der Waals surface area contributed by atoms with Crippen LogP contribution in [-0.2, 0) is 0 Å². The van der Waals surface area contributed by atoms with Crippen LogP contribution in [0.15, 0.2) is 12.3 Å². The monoisotopic (exact) mass is 216 g/mol. The van der Waals surface area contributed by atoms with Crippen LogP contribution in [0.5, 0.6) is 0 Å². The first-order valence-electron chi connectivity index (χ1n) is 3.44. The first-order chi connectivity index (χ1) is 6.56. The molecule has 1 heterocycles. The quantitative estimate of drug-likeness (QED) is 0.713. The smallest absolute Gasteiger partial charge is 0.276 e. The van der Waals surface area contributed by atoms with Crippen molar-refractivity contribution >= 4 is 16.8 Å². The molecule has 72 valence electrons. The highest BCUT2D eigenvalue weighted by Crippen LogP contribution is 2.22. The van der Waals surface area contributed by atoms with Gasteiger partial charge in [0.05, 0.1) is 11.1 Å². The number of hydrogen-bond donors (Lipinski definition) is 0. The van der Waals surface area contributed by atoms with Gasteiger partial charge in [-0.15, -0.1) is 0 Å². The van der Waals surface area contributed by atoms with Crippen molar-refractivity contribution < 1.29 is 13.6 Å². The molecule has 1 aromatic heterocycles. The van der Waals surface area contributed by atoms with E-state index >= 15 is 0 Å². The molecule has 0 spiro atoms. The molecule has 6 heteroatoms. The molecule has 0 amide bonds. The summed E-state index contributed by atoms with van der Waals surface area (Å²) >= 11 is 5.06. The van der Waals surface area contributed by atoms with Crippen molar-refractivity contribution in [3.63, 3.8) is 0 Å². The molecule has 0 unspecified atom stereocenters. The molecule has 0 atom stereocenters. The maximum atomic E-state index is 12.3. The molecule has 0 radical (unpaired) electrons. The van der Waals surface area contributed by atoms with Crippen molar-refractivity contribution in [2.75, 3.05) is 0 Å². The van der Waals surface area contributed by atoms with Gasteiger partial charge in [0.15, 0.2) is 0 Å². The van der Waals surface area contributed by atoms with Gasteiger partial charge in [0.25, 0.3) is 11.7 Å². The van der Waals surface area contributed by atoms with Gasteiger partial charge in [-0.05, 0) is 17.7 Å². The number of carbonyl (C=O) groups is 1. The van der Waals surface area contributed by atoms with Gasteiger partial charge in [-0.3, -0.25) is 9.78 Å². The SMILES string of the molecule is N#Cc1cnc(C(F)F)c(C(=O)Cl)c1. The summed E-state index contributed by atoms with van der Waals surface area (Å²) < 4.78 is 24.5. The topological polar surface area (TPSA) is 53.8 Å². The normalized spacial score (nSPS) is 9.93. The highest BCUT2D eigenvalue weighted by Gasteiger charge is 2.19. The second kappa shape index (κ2) is 4.11. The minimum Gasteiger partial charge on any atom is -0.276 e. The summed E-state index contributed by atoms with van der Waals surface area (Å²) in [6, 6.07) is 2.66. The molecular formula is C8H3ClF2N2O. The number of carbonyl (C=O) groups excluding carboxylic acids is 1. The zero-order chi connectivity index (χ0) is 10.7. The molecular weight excluding hydrogens is 214 g/mol. The van der Waals surface area contributed by atoms with Gasteiger partial charge in [0.1, 0.15) is 11.8 Å². The Kier molecular flexibility index (Phi) is 3.10. The van der Waals surface area contributed by atoms with Crippen LogP contribution >= 0.6 is 11.6 Å². The lowest BCUT2D eigenvalue weighted by molar-refractivity contribution is 0.106. The number of nitriles is 1. The van der Waals surface area contributed by atoms with Gasteiger partial charge in [0.2, 0.25) is 0 Å². The first kappa shape index (κ1) is 10.5. The van der Waals surface area contributed by atoms with Gasteiger partial charge in [-0.1, -0.05) is 0 Å². The fourth-order valence-electron chi connectivity index (χ4n) is 0.868. The lowest BCUT2D eigenvalue weighted by Crippen LogP contribution is -2.02. The van der Waals surface area contributed by atoms with Crippen LogP contribution in [0, 0.1) is 11.3 Å². The van der Waals surface area contributed by atoms with Crippen molar-refractivity contribution in [3.05, 3.63) is 29.1 Å². The average molecular weight is 217 g/mol. The Morgan fingerprint density at radius 2 is 2.29 bits per heavy atom. The molecule has 14 heavy (non-hydrogen) atoms. The van der Waals surface area contributed by atoms with Crippen LogP contribution in [-0.4, -0.2) is 10.2 Å². The van der Waals surface area contributed by atoms with Crippen LogP contribution in [0.1, 0.15) is 28.0 Å². The maximum Gasteiger partial charge on any atom is 0.281 e. The number of aromatic nitrogens is 1. The third-order valence-corrected chi connectivity index (χ3v) is 1.67. The standard InChI is InChI=1S/C8H3ClF2N2O/c9-7(14)5-1-4(2-12)3-13-6(5)8(10)11/h1,3,8H. The average Bonchev–Trinajstić information content (AvgIpc) is 2.16. The highest BCUT2D eigenvalue weighted by atomic mass is 35.5. The Balaban J connectivity index is 3.33. The molecule has 0 aliphatic heterocycles. The number of alkyl halides is 2. The van der Waals surface area contributed by atoms with E-state index in [9.17, 15) is 13.6 Å². The third-order valence-electron chi connectivity index (χ3n) is 1.47. The van der Waals surface area contributed by atoms with Crippen LogP contribution in [0.2, 0.25) is 0 Å². The van der Waals surface area contributed by atoms with E-state index in [0.717, 1.165) is 12.3 Å². The summed E-state index contributed by atoms with van der Waals surface area (Å²) in [6.45, 7) is 0. The Bertz CT molecular complexity index is 414. The molecule has 1 aromatic rings. The molecule has 0 N–H and O–H groups in total. The minimum absolute atomic E-state index is 0.0124. The van der Waals surface area contributed by atoms with Crippen LogP contribution < -0.4 is 0 Å². The number of hydrogen-bond acceptors (Lipinski definition) is 3. The molecule has 0 saturated heterocycles. The summed E-state index contributed by atoms with van der Waals surface area (Å²) in [6.07, 6.45) is -1.93. The summed E-state index contributed by atoms with van der Waals surface area (Å²) in [7, 11) is 0. The van der Waals surface area contributed by atoms with E-state index < -0.39 is 22.9 Å².